The highest BCUT2D eigenvalue weighted by molar-refractivity contribution is 9.10. The maximum atomic E-state index is 5.90. The molecule has 1 aliphatic rings. The molecular formula is C18H19BrN2O2. The fraction of sp³-hybridized carbons (Fsp3) is 0.278. The van der Waals surface area contributed by atoms with Crippen molar-refractivity contribution in [1.82, 2.24) is 4.90 Å². The van der Waals surface area contributed by atoms with Crippen LogP contribution in [0, 0.1) is 0 Å². The third-order valence-electron chi connectivity index (χ3n) is 3.79. The van der Waals surface area contributed by atoms with Crippen LogP contribution in [0.2, 0.25) is 0 Å². The van der Waals surface area contributed by atoms with Crippen molar-refractivity contribution >= 4 is 21.8 Å². The van der Waals surface area contributed by atoms with Gasteiger partial charge in [-0.1, -0.05) is 28.1 Å². The Labute approximate surface area is 144 Å². The first kappa shape index (κ1) is 15.9. The van der Waals surface area contributed by atoms with Crippen molar-refractivity contribution in [3.8, 4) is 11.5 Å². The zero-order valence-corrected chi connectivity index (χ0v) is 14.8. The lowest BCUT2D eigenvalue weighted by atomic mass is 10.1. The molecule has 0 aromatic heterocycles. The van der Waals surface area contributed by atoms with Gasteiger partial charge in [0.05, 0.1) is 13.7 Å². The summed E-state index contributed by atoms with van der Waals surface area (Å²) in [4.78, 5) is 6.69. The third kappa shape index (κ3) is 3.67. The molecule has 1 heterocycles. The summed E-state index contributed by atoms with van der Waals surface area (Å²) < 4.78 is 12.4. The number of hydrogen-bond donors (Lipinski definition) is 0. The molecule has 0 saturated carbocycles. The van der Waals surface area contributed by atoms with E-state index in [2.05, 4.69) is 32.9 Å². The van der Waals surface area contributed by atoms with Crippen LogP contribution in [0.25, 0.3) is 0 Å². The van der Waals surface area contributed by atoms with Crippen LogP contribution >= 0.6 is 15.9 Å². The molecule has 1 aliphatic heterocycles. The first-order valence-electron chi connectivity index (χ1n) is 7.48. The lowest BCUT2D eigenvalue weighted by Crippen LogP contribution is -2.23. The maximum Gasteiger partial charge on any atom is 0.161 e. The molecular weight excluding hydrogens is 356 g/mol. The van der Waals surface area contributed by atoms with E-state index in [4.69, 9.17) is 9.47 Å². The Morgan fingerprint density at radius 1 is 1.13 bits per heavy atom. The Hall–Kier alpha value is -2.01. The van der Waals surface area contributed by atoms with E-state index in [1.807, 2.05) is 42.5 Å². The van der Waals surface area contributed by atoms with Crippen molar-refractivity contribution < 1.29 is 9.47 Å². The minimum atomic E-state index is 0.504. The SMILES string of the molecule is COc1cc(C2=NCCN2C)ccc1OCc1ccc(Br)cc1. The van der Waals surface area contributed by atoms with Gasteiger partial charge in [0, 0.05) is 23.6 Å². The largest absolute Gasteiger partial charge is 0.493 e. The highest BCUT2D eigenvalue weighted by Crippen LogP contribution is 2.30. The Bertz CT molecular complexity index is 713. The molecule has 120 valence electrons. The van der Waals surface area contributed by atoms with E-state index in [9.17, 15) is 0 Å². The second-order valence-corrected chi connectivity index (χ2v) is 6.32. The minimum Gasteiger partial charge on any atom is -0.493 e. The third-order valence-corrected chi connectivity index (χ3v) is 4.32. The quantitative estimate of drug-likeness (QED) is 0.799. The Morgan fingerprint density at radius 2 is 1.91 bits per heavy atom. The second-order valence-electron chi connectivity index (χ2n) is 5.41. The summed E-state index contributed by atoms with van der Waals surface area (Å²) >= 11 is 3.43. The van der Waals surface area contributed by atoms with Gasteiger partial charge in [0.25, 0.3) is 0 Å². The highest BCUT2D eigenvalue weighted by atomic mass is 79.9. The molecule has 0 spiro atoms. The van der Waals surface area contributed by atoms with Crippen LogP contribution in [0.15, 0.2) is 51.9 Å². The predicted octanol–water partition coefficient (Wildman–Crippen LogP) is 3.73. The van der Waals surface area contributed by atoms with E-state index in [-0.39, 0.29) is 0 Å². The number of ether oxygens (including phenoxy) is 2. The Kier molecular flexibility index (Phi) is 4.86. The van der Waals surface area contributed by atoms with Crippen molar-refractivity contribution in [1.29, 1.82) is 0 Å². The van der Waals surface area contributed by atoms with Gasteiger partial charge < -0.3 is 14.4 Å². The fourth-order valence-electron chi connectivity index (χ4n) is 2.51. The standard InChI is InChI=1S/C18H19BrN2O2/c1-21-10-9-20-18(21)14-5-8-16(17(11-14)22-2)23-12-13-3-6-15(19)7-4-13/h3-8,11H,9-10,12H2,1-2H3. The van der Waals surface area contributed by atoms with E-state index < -0.39 is 0 Å². The van der Waals surface area contributed by atoms with Gasteiger partial charge >= 0.3 is 0 Å². The molecule has 0 amide bonds. The van der Waals surface area contributed by atoms with Crippen molar-refractivity contribution in [3.05, 3.63) is 58.1 Å². The molecule has 0 atom stereocenters. The van der Waals surface area contributed by atoms with Crippen molar-refractivity contribution in [3.63, 3.8) is 0 Å². The van der Waals surface area contributed by atoms with Crippen LogP contribution in [0.5, 0.6) is 11.5 Å². The van der Waals surface area contributed by atoms with Gasteiger partial charge in [-0.25, -0.2) is 0 Å². The molecule has 23 heavy (non-hydrogen) atoms. The smallest absolute Gasteiger partial charge is 0.161 e. The summed E-state index contributed by atoms with van der Waals surface area (Å²) in [5.74, 6) is 2.46. The van der Waals surface area contributed by atoms with Crippen molar-refractivity contribution in [2.75, 3.05) is 27.2 Å². The van der Waals surface area contributed by atoms with Crippen molar-refractivity contribution in [2.45, 2.75) is 6.61 Å². The van der Waals surface area contributed by atoms with Gasteiger partial charge in [0.1, 0.15) is 12.4 Å². The first-order valence-corrected chi connectivity index (χ1v) is 8.28. The fourth-order valence-corrected chi connectivity index (χ4v) is 2.78. The number of halogens is 1. The number of likely N-dealkylation sites (N-methyl/N-ethyl adjacent to an activating group) is 1. The monoisotopic (exact) mass is 374 g/mol. The van der Waals surface area contributed by atoms with Gasteiger partial charge in [-0.3, -0.25) is 4.99 Å². The molecule has 0 saturated heterocycles. The van der Waals surface area contributed by atoms with Crippen LogP contribution in [-0.4, -0.2) is 38.0 Å². The summed E-state index contributed by atoms with van der Waals surface area (Å²) in [7, 11) is 3.71. The van der Waals surface area contributed by atoms with E-state index >= 15 is 0 Å². The first-order chi connectivity index (χ1) is 11.2. The summed E-state index contributed by atoms with van der Waals surface area (Å²) in [6, 6.07) is 14.0. The molecule has 0 aliphatic carbocycles. The van der Waals surface area contributed by atoms with Gasteiger partial charge in [-0.05, 0) is 35.9 Å². The minimum absolute atomic E-state index is 0.504. The number of hydrogen-bond acceptors (Lipinski definition) is 4. The molecule has 4 nitrogen and oxygen atoms in total. The van der Waals surface area contributed by atoms with Crippen LogP contribution in [0.3, 0.4) is 0 Å². The van der Waals surface area contributed by atoms with E-state index in [1.54, 1.807) is 7.11 Å². The zero-order valence-electron chi connectivity index (χ0n) is 13.3. The summed E-state index contributed by atoms with van der Waals surface area (Å²) in [6.45, 7) is 2.30. The van der Waals surface area contributed by atoms with Gasteiger partial charge in [0.2, 0.25) is 0 Å². The number of amidine groups is 1. The Balaban J connectivity index is 1.76. The molecule has 5 heteroatoms. The molecule has 0 bridgehead atoms. The van der Waals surface area contributed by atoms with Crippen molar-refractivity contribution in [2.24, 2.45) is 4.99 Å². The Morgan fingerprint density at radius 3 is 2.57 bits per heavy atom. The summed E-state index contributed by atoms with van der Waals surface area (Å²) in [5.41, 5.74) is 2.16. The highest BCUT2D eigenvalue weighted by Gasteiger charge is 2.16. The lowest BCUT2D eigenvalue weighted by Gasteiger charge is -2.16. The zero-order chi connectivity index (χ0) is 16.2. The lowest BCUT2D eigenvalue weighted by molar-refractivity contribution is 0.284. The summed E-state index contributed by atoms with van der Waals surface area (Å²) in [6.07, 6.45) is 0. The molecule has 0 N–H and O–H groups in total. The van der Waals surface area contributed by atoms with Crippen LogP contribution < -0.4 is 9.47 Å². The van der Waals surface area contributed by atoms with Gasteiger partial charge in [-0.2, -0.15) is 0 Å². The average molecular weight is 375 g/mol. The number of aliphatic imine (C=N–C) groups is 1. The normalized spacial score (nSPS) is 13.9. The van der Waals surface area contributed by atoms with Gasteiger partial charge in [-0.15, -0.1) is 0 Å². The number of nitrogens with zero attached hydrogens (tertiary/aromatic N) is 2. The maximum absolute atomic E-state index is 5.90. The molecule has 3 rings (SSSR count). The average Bonchev–Trinajstić information content (AvgIpc) is 3.00. The molecule has 2 aromatic rings. The predicted molar refractivity (Wildman–Crippen MR) is 95.5 cm³/mol. The topological polar surface area (TPSA) is 34.1 Å². The van der Waals surface area contributed by atoms with E-state index in [1.165, 1.54) is 0 Å². The number of methoxy groups -OCH3 is 1. The number of benzene rings is 2. The molecule has 0 radical (unpaired) electrons. The summed E-state index contributed by atoms with van der Waals surface area (Å²) in [5, 5.41) is 0. The molecule has 0 fully saturated rings. The van der Waals surface area contributed by atoms with E-state index in [0.29, 0.717) is 6.61 Å². The van der Waals surface area contributed by atoms with Crippen LogP contribution in [0.4, 0.5) is 0 Å². The second kappa shape index (κ2) is 7.04. The van der Waals surface area contributed by atoms with E-state index in [0.717, 1.165) is 46.0 Å². The molecule has 2 aromatic carbocycles. The van der Waals surface area contributed by atoms with Crippen LogP contribution in [0.1, 0.15) is 11.1 Å². The number of rotatable bonds is 5. The molecule has 0 unspecified atom stereocenters. The van der Waals surface area contributed by atoms with Gasteiger partial charge in [0.15, 0.2) is 11.5 Å². The van der Waals surface area contributed by atoms with Crippen LogP contribution in [-0.2, 0) is 6.61 Å².